The van der Waals surface area contributed by atoms with Crippen molar-refractivity contribution in [1.82, 2.24) is 0 Å². The molecule has 0 heterocycles. The van der Waals surface area contributed by atoms with Gasteiger partial charge in [-0.1, -0.05) is 0 Å². The molecule has 0 bridgehead atoms. The highest BCUT2D eigenvalue weighted by molar-refractivity contribution is 6.66. The van der Waals surface area contributed by atoms with Gasteiger partial charge < -0.3 is 9.64 Å². The first-order chi connectivity index (χ1) is 6.65. The van der Waals surface area contributed by atoms with E-state index in [0.717, 1.165) is 11.4 Å². The van der Waals surface area contributed by atoms with E-state index in [0.29, 0.717) is 6.61 Å². The van der Waals surface area contributed by atoms with Gasteiger partial charge in [0.05, 0.1) is 6.61 Å². The SMILES string of the molecule is CCOc1ccc(N(C)C(=O)Cl)cc1. The maximum absolute atomic E-state index is 10.8. The molecule has 3 nitrogen and oxygen atoms in total. The molecule has 0 radical (unpaired) electrons. The first-order valence-corrected chi connectivity index (χ1v) is 4.69. The van der Waals surface area contributed by atoms with Crippen LogP contribution in [0.5, 0.6) is 5.75 Å². The van der Waals surface area contributed by atoms with E-state index >= 15 is 0 Å². The van der Waals surface area contributed by atoms with E-state index in [9.17, 15) is 4.79 Å². The van der Waals surface area contributed by atoms with Gasteiger partial charge in [-0.3, -0.25) is 4.79 Å². The highest BCUT2D eigenvalue weighted by Gasteiger charge is 2.06. The third-order valence-corrected chi connectivity index (χ3v) is 2.05. The Labute approximate surface area is 88.2 Å². The predicted molar refractivity (Wildman–Crippen MR) is 57.3 cm³/mol. The average molecular weight is 214 g/mol. The Balaban J connectivity index is 2.77. The second-order valence-electron chi connectivity index (χ2n) is 2.74. The van der Waals surface area contributed by atoms with Gasteiger partial charge in [0, 0.05) is 12.7 Å². The van der Waals surface area contributed by atoms with E-state index in [2.05, 4.69) is 0 Å². The van der Waals surface area contributed by atoms with Crippen LogP contribution in [-0.2, 0) is 0 Å². The molecule has 1 aromatic carbocycles. The minimum atomic E-state index is -0.505. The maximum atomic E-state index is 10.8. The second-order valence-corrected chi connectivity index (χ2v) is 3.06. The molecule has 4 heteroatoms. The summed E-state index contributed by atoms with van der Waals surface area (Å²) in [7, 11) is 1.62. The maximum Gasteiger partial charge on any atom is 0.320 e. The molecule has 76 valence electrons. The fourth-order valence-corrected chi connectivity index (χ4v) is 1.13. The van der Waals surface area contributed by atoms with Crippen LogP contribution in [0.4, 0.5) is 10.5 Å². The Hall–Kier alpha value is -1.22. The fourth-order valence-electron chi connectivity index (χ4n) is 1.03. The van der Waals surface area contributed by atoms with E-state index in [1.54, 1.807) is 31.3 Å². The summed E-state index contributed by atoms with van der Waals surface area (Å²) < 4.78 is 5.26. The molecule has 1 aromatic rings. The first kappa shape index (κ1) is 10.9. The number of benzene rings is 1. The van der Waals surface area contributed by atoms with Crippen molar-refractivity contribution in [2.24, 2.45) is 0 Å². The van der Waals surface area contributed by atoms with E-state index in [1.807, 2.05) is 6.92 Å². The lowest BCUT2D eigenvalue weighted by atomic mass is 10.3. The minimum Gasteiger partial charge on any atom is -0.494 e. The Morgan fingerprint density at radius 2 is 2.00 bits per heavy atom. The number of amides is 1. The summed E-state index contributed by atoms with van der Waals surface area (Å²) >= 11 is 5.32. The summed E-state index contributed by atoms with van der Waals surface area (Å²) in [5.74, 6) is 0.784. The van der Waals surface area contributed by atoms with Crippen LogP contribution < -0.4 is 9.64 Å². The van der Waals surface area contributed by atoms with Crippen LogP contribution in [-0.4, -0.2) is 19.0 Å². The van der Waals surface area contributed by atoms with Crippen LogP contribution in [0.25, 0.3) is 0 Å². The number of hydrogen-bond donors (Lipinski definition) is 0. The van der Waals surface area contributed by atoms with Gasteiger partial charge >= 0.3 is 5.37 Å². The van der Waals surface area contributed by atoms with Gasteiger partial charge in [-0.15, -0.1) is 0 Å². The lowest BCUT2D eigenvalue weighted by Crippen LogP contribution is -2.19. The zero-order valence-corrected chi connectivity index (χ0v) is 8.91. The molecule has 0 saturated heterocycles. The number of carbonyl (C=O) groups is 1. The number of anilines is 1. The monoisotopic (exact) mass is 213 g/mol. The molecule has 0 aromatic heterocycles. The Morgan fingerprint density at radius 3 is 2.43 bits per heavy atom. The van der Waals surface area contributed by atoms with Crippen molar-refractivity contribution in [2.75, 3.05) is 18.6 Å². The molecular formula is C10H12ClNO2. The van der Waals surface area contributed by atoms with Crippen LogP contribution in [0.3, 0.4) is 0 Å². The largest absolute Gasteiger partial charge is 0.494 e. The Morgan fingerprint density at radius 1 is 1.43 bits per heavy atom. The van der Waals surface area contributed by atoms with Crippen molar-refractivity contribution >= 4 is 22.7 Å². The van der Waals surface area contributed by atoms with Gasteiger partial charge in [-0.2, -0.15) is 0 Å². The van der Waals surface area contributed by atoms with Crippen LogP contribution in [0.15, 0.2) is 24.3 Å². The summed E-state index contributed by atoms with van der Waals surface area (Å²) in [4.78, 5) is 12.2. The minimum absolute atomic E-state index is 0.505. The molecule has 1 rings (SSSR count). The predicted octanol–water partition coefficient (Wildman–Crippen LogP) is 2.88. The van der Waals surface area contributed by atoms with Crippen molar-refractivity contribution in [1.29, 1.82) is 0 Å². The molecule has 0 unspecified atom stereocenters. The lowest BCUT2D eigenvalue weighted by Gasteiger charge is -2.13. The summed E-state index contributed by atoms with van der Waals surface area (Å²) in [6.07, 6.45) is 0. The number of halogens is 1. The first-order valence-electron chi connectivity index (χ1n) is 4.31. The van der Waals surface area contributed by atoms with Crippen LogP contribution in [0, 0.1) is 0 Å². The quantitative estimate of drug-likeness (QED) is 0.571. The van der Waals surface area contributed by atoms with Crippen LogP contribution in [0.2, 0.25) is 0 Å². The number of nitrogens with zero attached hydrogens (tertiary/aromatic N) is 1. The number of ether oxygens (including phenoxy) is 1. The van der Waals surface area contributed by atoms with Crippen molar-refractivity contribution in [3.63, 3.8) is 0 Å². The highest BCUT2D eigenvalue weighted by atomic mass is 35.5. The molecule has 0 fully saturated rings. The normalized spacial score (nSPS) is 9.64. The van der Waals surface area contributed by atoms with Crippen molar-refractivity contribution in [3.8, 4) is 5.75 Å². The summed E-state index contributed by atoms with van der Waals surface area (Å²) in [5, 5.41) is -0.505. The van der Waals surface area contributed by atoms with Crippen molar-refractivity contribution in [3.05, 3.63) is 24.3 Å². The second kappa shape index (κ2) is 4.86. The van der Waals surface area contributed by atoms with Gasteiger partial charge in [0.15, 0.2) is 0 Å². The molecular weight excluding hydrogens is 202 g/mol. The molecule has 0 aliphatic carbocycles. The van der Waals surface area contributed by atoms with Gasteiger partial charge in [0.1, 0.15) is 5.75 Å². The van der Waals surface area contributed by atoms with E-state index < -0.39 is 5.37 Å². The molecule has 0 aliphatic heterocycles. The van der Waals surface area contributed by atoms with Gasteiger partial charge in [-0.25, -0.2) is 0 Å². The number of carbonyl (C=O) groups excluding carboxylic acids is 1. The van der Waals surface area contributed by atoms with Crippen molar-refractivity contribution in [2.45, 2.75) is 6.92 Å². The highest BCUT2D eigenvalue weighted by Crippen LogP contribution is 2.19. The molecule has 14 heavy (non-hydrogen) atoms. The standard InChI is InChI=1S/C10H12ClNO2/c1-3-14-9-6-4-8(5-7-9)12(2)10(11)13/h4-7H,3H2,1-2H3. The Bertz CT molecular complexity index is 310. The van der Waals surface area contributed by atoms with Crippen molar-refractivity contribution < 1.29 is 9.53 Å². The number of rotatable bonds is 3. The van der Waals surface area contributed by atoms with Gasteiger partial charge in [-0.05, 0) is 42.8 Å². The molecule has 0 spiro atoms. The molecule has 0 atom stereocenters. The molecule has 0 aliphatic rings. The molecule has 0 saturated carbocycles. The average Bonchev–Trinajstić information content (AvgIpc) is 2.18. The van der Waals surface area contributed by atoms with E-state index in [4.69, 9.17) is 16.3 Å². The van der Waals surface area contributed by atoms with Crippen LogP contribution >= 0.6 is 11.6 Å². The smallest absolute Gasteiger partial charge is 0.320 e. The third-order valence-electron chi connectivity index (χ3n) is 1.80. The zero-order chi connectivity index (χ0) is 10.6. The summed E-state index contributed by atoms with van der Waals surface area (Å²) in [6, 6.07) is 7.17. The lowest BCUT2D eigenvalue weighted by molar-refractivity contribution is 0.265. The molecule has 1 amide bonds. The van der Waals surface area contributed by atoms with Gasteiger partial charge in [0.2, 0.25) is 0 Å². The Kier molecular flexibility index (Phi) is 3.77. The zero-order valence-electron chi connectivity index (χ0n) is 8.16. The van der Waals surface area contributed by atoms with E-state index in [-0.39, 0.29) is 0 Å². The number of hydrogen-bond acceptors (Lipinski definition) is 2. The third kappa shape index (κ3) is 2.64. The topological polar surface area (TPSA) is 29.5 Å². The molecule has 0 N–H and O–H groups in total. The fraction of sp³-hybridized carbons (Fsp3) is 0.300. The van der Waals surface area contributed by atoms with E-state index in [1.165, 1.54) is 4.90 Å². The summed E-state index contributed by atoms with van der Waals surface area (Å²) in [6.45, 7) is 2.55. The summed E-state index contributed by atoms with van der Waals surface area (Å²) in [5.41, 5.74) is 0.744. The van der Waals surface area contributed by atoms with Gasteiger partial charge in [0.25, 0.3) is 0 Å². The van der Waals surface area contributed by atoms with Crippen LogP contribution in [0.1, 0.15) is 6.92 Å².